The van der Waals surface area contributed by atoms with E-state index in [1.165, 1.54) is 11.1 Å². The van der Waals surface area contributed by atoms with Crippen molar-refractivity contribution >= 4 is 11.7 Å². The van der Waals surface area contributed by atoms with Crippen molar-refractivity contribution in [2.45, 2.75) is 46.1 Å². The normalized spacial score (nSPS) is 12.0. The highest BCUT2D eigenvalue weighted by Gasteiger charge is 2.08. The van der Waals surface area contributed by atoms with Crippen molar-refractivity contribution in [3.8, 4) is 0 Å². The SMILES string of the molecule is CCc1ccc(NC(=O)NC(C)CCO)cc1CC. The Morgan fingerprint density at radius 3 is 2.53 bits per heavy atom. The highest BCUT2D eigenvalue weighted by Crippen LogP contribution is 2.17. The smallest absolute Gasteiger partial charge is 0.319 e. The molecule has 3 N–H and O–H groups in total. The molecule has 0 bridgehead atoms. The molecule has 19 heavy (non-hydrogen) atoms. The molecule has 0 spiro atoms. The summed E-state index contributed by atoms with van der Waals surface area (Å²) in [7, 11) is 0. The first-order chi connectivity index (χ1) is 9.10. The summed E-state index contributed by atoms with van der Waals surface area (Å²) >= 11 is 0. The predicted octanol–water partition coefficient (Wildman–Crippen LogP) is 2.70. The van der Waals surface area contributed by atoms with E-state index in [4.69, 9.17) is 5.11 Å². The minimum atomic E-state index is -0.229. The van der Waals surface area contributed by atoms with Gasteiger partial charge in [-0.15, -0.1) is 0 Å². The number of urea groups is 1. The van der Waals surface area contributed by atoms with Crippen LogP contribution in [0.25, 0.3) is 0 Å². The summed E-state index contributed by atoms with van der Waals surface area (Å²) < 4.78 is 0. The van der Waals surface area contributed by atoms with Crippen LogP contribution >= 0.6 is 0 Å². The van der Waals surface area contributed by atoms with Crippen LogP contribution in [0.2, 0.25) is 0 Å². The van der Waals surface area contributed by atoms with Crippen LogP contribution in [0.1, 0.15) is 38.3 Å². The second-order valence-electron chi connectivity index (χ2n) is 4.70. The maximum absolute atomic E-state index is 11.7. The van der Waals surface area contributed by atoms with Gasteiger partial charge in [-0.1, -0.05) is 19.9 Å². The molecule has 0 saturated heterocycles. The highest BCUT2D eigenvalue weighted by molar-refractivity contribution is 5.89. The summed E-state index contributed by atoms with van der Waals surface area (Å²) in [5, 5.41) is 14.4. The molecule has 0 aliphatic rings. The predicted molar refractivity (Wildman–Crippen MR) is 78.5 cm³/mol. The second kappa shape index (κ2) is 7.79. The number of aliphatic hydroxyl groups is 1. The molecule has 1 rings (SSSR count). The summed E-state index contributed by atoms with van der Waals surface area (Å²) in [6.45, 7) is 6.19. The minimum Gasteiger partial charge on any atom is -0.396 e. The van der Waals surface area contributed by atoms with Gasteiger partial charge in [0.2, 0.25) is 0 Å². The lowest BCUT2D eigenvalue weighted by molar-refractivity contribution is 0.241. The van der Waals surface area contributed by atoms with Crippen LogP contribution in [-0.4, -0.2) is 23.8 Å². The maximum Gasteiger partial charge on any atom is 0.319 e. The molecular weight excluding hydrogens is 240 g/mol. The number of hydrogen-bond donors (Lipinski definition) is 3. The van der Waals surface area contributed by atoms with E-state index < -0.39 is 0 Å². The van der Waals surface area contributed by atoms with Gasteiger partial charge in [-0.3, -0.25) is 0 Å². The van der Waals surface area contributed by atoms with Gasteiger partial charge in [0.25, 0.3) is 0 Å². The van der Waals surface area contributed by atoms with Crippen LogP contribution in [0.5, 0.6) is 0 Å². The Balaban J connectivity index is 2.64. The monoisotopic (exact) mass is 264 g/mol. The fraction of sp³-hybridized carbons (Fsp3) is 0.533. The number of aliphatic hydroxyl groups excluding tert-OH is 1. The molecule has 0 aliphatic heterocycles. The van der Waals surface area contributed by atoms with Gasteiger partial charge in [0.15, 0.2) is 0 Å². The van der Waals surface area contributed by atoms with Gasteiger partial charge >= 0.3 is 6.03 Å². The van der Waals surface area contributed by atoms with Crippen LogP contribution < -0.4 is 10.6 Å². The Morgan fingerprint density at radius 1 is 1.26 bits per heavy atom. The lowest BCUT2D eigenvalue weighted by Crippen LogP contribution is -2.36. The number of aryl methyl sites for hydroxylation is 2. The minimum absolute atomic E-state index is 0.0365. The molecule has 0 heterocycles. The lowest BCUT2D eigenvalue weighted by atomic mass is 10.0. The summed E-state index contributed by atoms with van der Waals surface area (Å²) in [5.74, 6) is 0. The Hall–Kier alpha value is -1.55. The number of benzene rings is 1. The molecule has 1 aromatic rings. The van der Waals surface area contributed by atoms with Gasteiger partial charge in [0.05, 0.1) is 0 Å². The van der Waals surface area contributed by atoms with Gasteiger partial charge in [-0.25, -0.2) is 4.79 Å². The number of nitrogens with one attached hydrogen (secondary N) is 2. The van der Waals surface area contributed by atoms with E-state index in [1.807, 2.05) is 19.1 Å². The van der Waals surface area contributed by atoms with Crippen molar-refractivity contribution in [1.29, 1.82) is 0 Å². The van der Waals surface area contributed by atoms with Gasteiger partial charge in [0.1, 0.15) is 0 Å². The standard InChI is InChI=1S/C15H24N2O2/c1-4-12-6-7-14(10-13(12)5-2)17-15(19)16-11(3)8-9-18/h6-7,10-11,18H,4-5,8-9H2,1-3H3,(H2,16,17,19). The first-order valence-corrected chi connectivity index (χ1v) is 6.90. The fourth-order valence-electron chi connectivity index (χ4n) is 2.03. The maximum atomic E-state index is 11.7. The third kappa shape index (κ3) is 4.91. The molecule has 4 nitrogen and oxygen atoms in total. The summed E-state index contributed by atoms with van der Waals surface area (Å²) in [5.41, 5.74) is 3.40. The van der Waals surface area contributed by atoms with Crippen molar-refractivity contribution in [2.75, 3.05) is 11.9 Å². The zero-order valence-electron chi connectivity index (χ0n) is 12.0. The molecule has 0 aliphatic carbocycles. The topological polar surface area (TPSA) is 61.4 Å². The first-order valence-electron chi connectivity index (χ1n) is 6.90. The molecule has 4 heteroatoms. The van der Waals surface area contributed by atoms with Crippen molar-refractivity contribution in [2.24, 2.45) is 0 Å². The number of carbonyl (C=O) groups excluding carboxylic acids is 1. The highest BCUT2D eigenvalue weighted by atomic mass is 16.3. The van der Waals surface area contributed by atoms with Gasteiger partial charge in [-0.2, -0.15) is 0 Å². The van der Waals surface area contributed by atoms with Crippen LogP contribution in [0.15, 0.2) is 18.2 Å². The van der Waals surface area contributed by atoms with Crippen LogP contribution in [0.3, 0.4) is 0 Å². The third-order valence-electron chi connectivity index (χ3n) is 3.17. The summed E-state index contributed by atoms with van der Waals surface area (Å²) in [6.07, 6.45) is 2.52. The quantitative estimate of drug-likeness (QED) is 0.740. The molecule has 0 fully saturated rings. The van der Waals surface area contributed by atoms with Gasteiger partial charge in [0, 0.05) is 18.3 Å². The van der Waals surface area contributed by atoms with E-state index in [-0.39, 0.29) is 18.7 Å². The number of amides is 2. The fourth-order valence-corrected chi connectivity index (χ4v) is 2.03. The molecule has 1 atom stereocenters. The van der Waals surface area contributed by atoms with Crippen molar-refractivity contribution in [3.63, 3.8) is 0 Å². The summed E-state index contributed by atoms with van der Waals surface area (Å²) in [4.78, 5) is 11.7. The Bertz CT molecular complexity index is 419. The largest absolute Gasteiger partial charge is 0.396 e. The Labute approximate surface area is 115 Å². The average molecular weight is 264 g/mol. The number of carbonyl (C=O) groups is 1. The van der Waals surface area contributed by atoms with E-state index in [2.05, 4.69) is 30.5 Å². The molecule has 0 saturated carbocycles. The van der Waals surface area contributed by atoms with Crippen LogP contribution in [0.4, 0.5) is 10.5 Å². The average Bonchev–Trinajstić information content (AvgIpc) is 2.38. The Morgan fingerprint density at radius 2 is 1.95 bits per heavy atom. The molecule has 1 unspecified atom stereocenters. The number of rotatable bonds is 6. The van der Waals surface area contributed by atoms with Crippen molar-refractivity contribution in [3.05, 3.63) is 29.3 Å². The third-order valence-corrected chi connectivity index (χ3v) is 3.17. The Kier molecular flexibility index (Phi) is 6.36. The molecule has 0 radical (unpaired) electrons. The zero-order valence-corrected chi connectivity index (χ0v) is 12.0. The molecule has 2 amide bonds. The lowest BCUT2D eigenvalue weighted by Gasteiger charge is -2.14. The number of anilines is 1. The van der Waals surface area contributed by atoms with E-state index in [0.29, 0.717) is 6.42 Å². The van der Waals surface area contributed by atoms with Crippen molar-refractivity contribution in [1.82, 2.24) is 5.32 Å². The van der Waals surface area contributed by atoms with E-state index in [1.54, 1.807) is 0 Å². The molecule has 0 aromatic heterocycles. The van der Waals surface area contributed by atoms with Crippen molar-refractivity contribution < 1.29 is 9.90 Å². The van der Waals surface area contributed by atoms with Gasteiger partial charge < -0.3 is 15.7 Å². The molecular formula is C15H24N2O2. The first kappa shape index (κ1) is 15.5. The second-order valence-corrected chi connectivity index (χ2v) is 4.70. The van der Waals surface area contributed by atoms with E-state index in [0.717, 1.165) is 18.5 Å². The molecule has 106 valence electrons. The van der Waals surface area contributed by atoms with Gasteiger partial charge in [-0.05, 0) is 49.4 Å². The number of hydrogen-bond acceptors (Lipinski definition) is 2. The van der Waals surface area contributed by atoms with Crippen LogP contribution in [0, 0.1) is 0 Å². The summed E-state index contributed by atoms with van der Waals surface area (Å²) in [6, 6.07) is 5.74. The van der Waals surface area contributed by atoms with E-state index in [9.17, 15) is 4.79 Å². The zero-order chi connectivity index (χ0) is 14.3. The molecule has 1 aromatic carbocycles. The van der Waals surface area contributed by atoms with Crippen LogP contribution in [-0.2, 0) is 12.8 Å². The van der Waals surface area contributed by atoms with E-state index >= 15 is 0 Å².